The molecule has 1 atom stereocenters. The highest BCUT2D eigenvalue weighted by Crippen LogP contribution is 2.26. The van der Waals surface area contributed by atoms with Crippen molar-refractivity contribution in [3.05, 3.63) is 99.3 Å². The molecule has 0 aromatic heterocycles. The second-order valence-electron chi connectivity index (χ2n) is 8.37. The van der Waals surface area contributed by atoms with Gasteiger partial charge in [0, 0.05) is 37.4 Å². The summed E-state index contributed by atoms with van der Waals surface area (Å²) in [6.45, 7) is 0.733. The predicted octanol–water partition coefficient (Wildman–Crippen LogP) is 4.22. The number of urea groups is 1. The molecule has 11 heteroatoms. The first kappa shape index (κ1) is 26.4. The smallest absolute Gasteiger partial charge is 0.323 e. The van der Waals surface area contributed by atoms with E-state index >= 15 is 0 Å². The molecule has 0 saturated carbocycles. The number of halogens is 3. The number of rotatable bonds is 6. The lowest BCUT2D eigenvalue weighted by Gasteiger charge is -2.29. The third-order valence-corrected chi connectivity index (χ3v) is 6.62. The Morgan fingerprint density at radius 2 is 1.62 bits per heavy atom. The van der Waals surface area contributed by atoms with Crippen molar-refractivity contribution >= 4 is 46.7 Å². The summed E-state index contributed by atoms with van der Waals surface area (Å²) in [6.07, 6.45) is -1.24. The number of nitrogens with two attached hydrogens (primary N) is 1. The van der Waals surface area contributed by atoms with Crippen LogP contribution in [0.15, 0.2) is 66.7 Å². The Morgan fingerprint density at radius 1 is 0.919 bits per heavy atom. The maximum absolute atomic E-state index is 13.4. The number of amides is 4. The first-order valence-corrected chi connectivity index (χ1v) is 12.2. The van der Waals surface area contributed by atoms with Gasteiger partial charge in [0.05, 0.1) is 10.0 Å². The third-order valence-electron chi connectivity index (χ3n) is 5.88. The van der Waals surface area contributed by atoms with Crippen LogP contribution < -0.4 is 16.4 Å². The minimum atomic E-state index is -1.24. The van der Waals surface area contributed by atoms with Gasteiger partial charge in [0.2, 0.25) is 0 Å². The van der Waals surface area contributed by atoms with E-state index in [-0.39, 0.29) is 35.2 Å². The molecule has 1 aliphatic rings. The Kier molecular flexibility index (Phi) is 8.27. The summed E-state index contributed by atoms with van der Waals surface area (Å²) in [7, 11) is 0. The van der Waals surface area contributed by atoms with Crippen molar-refractivity contribution in [1.82, 2.24) is 15.1 Å². The number of anilines is 1. The number of carbonyl (C=O) groups is 3. The Bertz CT molecular complexity index is 1320. The molecule has 3 aromatic rings. The first-order chi connectivity index (χ1) is 17.8. The lowest BCUT2D eigenvalue weighted by Crippen LogP contribution is -2.54. The molecule has 0 aliphatic carbocycles. The van der Waals surface area contributed by atoms with E-state index in [0.29, 0.717) is 12.2 Å². The monoisotopic (exact) mass is 543 g/mol. The van der Waals surface area contributed by atoms with E-state index in [9.17, 15) is 18.8 Å². The van der Waals surface area contributed by atoms with Crippen molar-refractivity contribution in [1.29, 1.82) is 0 Å². The second kappa shape index (κ2) is 11.6. The average Bonchev–Trinajstić information content (AvgIpc) is 3.35. The maximum Gasteiger partial charge on any atom is 0.323 e. The van der Waals surface area contributed by atoms with Crippen molar-refractivity contribution in [2.75, 3.05) is 18.4 Å². The Hall–Kier alpha value is -3.66. The highest BCUT2D eigenvalue weighted by atomic mass is 35.5. The number of hydrogen-bond acceptors (Lipinski definition) is 4. The maximum atomic E-state index is 13.4. The van der Waals surface area contributed by atoms with Crippen LogP contribution in [-0.4, -0.2) is 46.9 Å². The van der Waals surface area contributed by atoms with Crippen LogP contribution in [0.2, 0.25) is 10.0 Å². The topological polar surface area (TPSA) is 108 Å². The van der Waals surface area contributed by atoms with E-state index in [4.69, 9.17) is 28.9 Å². The number of carbonyl (C=O) groups excluding carboxylic acids is 3. The van der Waals surface area contributed by atoms with Crippen molar-refractivity contribution < 1.29 is 18.8 Å². The fourth-order valence-corrected chi connectivity index (χ4v) is 4.31. The van der Waals surface area contributed by atoms with E-state index in [1.54, 1.807) is 0 Å². The van der Waals surface area contributed by atoms with Crippen LogP contribution >= 0.6 is 23.2 Å². The van der Waals surface area contributed by atoms with Gasteiger partial charge in [-0.15, -0.1) is 0 Å². The van der Waals surface area contributed by atoms with Gasteiger partial charge < -0.3 is 21.3 Å². The van der Waals surface area contributed by atoms with Gasteiger partial charge in [-0.05, 0) is 53.6 Å². The summed E-state index contributed by atoms with van der Waals surface area (Å²) >= 11 is 12.1. The zero-order valence-electron chi connectivity index (χ0n) is 19.6. The molecular formula is C26H24Cl2FN5O3. The highest BCUT2D eigenvalue weighted by molar-refractivity contribution is 6.42. The minimum Gasteiger partial charge on any atom is -0.349 e. The summed E-state index contributed by atoms with van der Waals surface area (Å²) in [5.74, 6) is -1.48. The Morgan fingerprint density at radius 3 is 2.32 bits per heavy atom. The Labute approximate surface area is 223 Å². The van der Waals surface area contributed by atoms with Crippen LogP contribution in [0.25, 0.3) is 0 Å². The molecule has 8 nitrogen and oxygen atoms in total. The van der Waals surface area contributed by atoms with Crippen molar-refractivity contribution in [3.8, 4) is 0 Å². The molecule has 1 heterocycles. The van der Waals surface area contributed by atoms with Crippen molar-refractivity contribution in [2.45, 2.75) is 19.3 Å². The van der Waals surface area contributed by atoms with Gasteiger partial charge in [-0.2, -0.15) is 0 Å². The van der Waals surface area contributed by atoms with Crippen LogP contribution in [0.3, 0.4) is 0 Å². The normalized spacial score (nSPS) is 15.0. The van der Waals surface area contributed by atoms with Gasteiger partial charge in [-0.3, -0.25) is 14.5 Å². The van der Waals surface area contributed by atoms with Crippen molar-refractivity contribution in [3.63, 3.8) is 0 Å². The van der Waals surface area contributed by atoms with E-state index in [1.807, 2.05) is 24.3 Å². The largest absolute Gasteiger partial charge is 0.349 e. The Balaban J connectivity index is 1.57. The number of benzene rings is 3. The van der Waals surface area contributed by atoms with Gasteiger partial charge >= 0.3 is 6.03 Å². The molecule has 37 heavy (non-hydrogen) atoms. The molecule has 1 saturated heterocycles. The van der Waals surface area contributed by atoms with Crippen LogP contribution in [0.5, 0.6) is 0 Å². The number of nitrogens with one attached hydrogen (secondary N) is 2. The summed E-state index contributed by atoms with van der Waals surface area (Å²) < 4.78 is 13.3. The lowest BCUT2D eigenvalue weighted by molar-refractivity contribution is -0.128. The van der Waals surface area contributed by atoms with Gasteiger partial charge in [0.1, 0.15) is 5.82 Å². The van der Waals surface area contributed by atoms with E-state index in [2.05, 4.69) is 10.6 Å². The van der Waals surface area contributed by atoms with Crippen LogP contribution in [0, 0.1) is 5.82 Å². The van der Waals surface area contributed by atoms with Gasteiger partial charge in [-0.1, -0.05) is 47.5 Å². The molecule has 1 aliphatic heterocycles. The summed E-state index contributed by atoms with van der Waals surface area (Å²) in [5, 5.41) is 5.94. The first-order valence-electron chi connectivity index (χ1n) is 11.4. The molecule has 4 rings (SSSR count). The molecule has 4 amide bonds. The average molecular weight is 544 g/mol. The van der Waals surface area contributed by atoms with Gasteiger partial charge in [-0.25, -0.2) is 9.18 Å². The van der Waals surface area contributed by atoms with Crippen LogP contribution in [0.1, 0.15) is 21.5 Å². The van der Waals surface area contributed by atoms with E-state index in [0.717, 1.165) is 11.1 Å². The zero-order valence-corrected chi connectivity index (χ0v) is 21.1. The van der Waals surface area contributed by atoms with Gasteiger partial charge in [0.25, 0.3) is 11.8 Å². The SMILES string of the molecule is NCc1cccc(CNC(=O)C2N(C(=O)Nc3ccc(F)cc3)CCN2C(=O)c2ccc(Cl)c(Cl)c2)c1. The summed E-state index contributed by atoms with van der Waals surface area (Å²) in [6, 6.07) is 16.4. The second-order valence-corrected chi connectivity index (χ2v) is 9.19. The van der Waals surface area contributed by atoms with Crippen LogP contribution in [0.4, 0.5) is 14.9 Å². The highest BCUT2D eigenvalue weighted by Gasteiger charge is 2.43. The zero-order chi connectivity index (χ0) is 26.5. The fourth-order valence-electron chi connectivity index (χ4n) is 4.01. The minimum absolute atomic E-state index is 0.0981. The predicted molar refractivity (Wildman–Crippen MR) is 140 cm³/mol. The molecule has 1 unspecified atom stereocenters. The van der Waals surface area contributed by atoms with E-state index in [1.165, 1.54) is 52.3 Å². The standard InChI is InChI=1S/C26H24Cl2FN5O3/c27-21-9-4-18(13-22(21)28)25(36)33-10-11-34(26(37)32-20-7-5-19(29)6-8-20)24(33)23(35)31-15-17-3-1-2-16(12-17)14-30/h1-9,12-13,24H,10-11,14-15,30H2,(H,31,35)(H,32,37). The molecule has 0 spiro atoms. The molecular weight excluding hydrogens is 520 g/mol. The number of nitrogens with zero attached hydrogens (tertiary/aromatic N) is 2. The lowest BCUT2D eigenvalue weighted by atomic mass is 10.1. The molecule has 192 valence electrons. The van der Waals surface area contributed by atoms with Crippen molar-refractivity contribution in [2.24, 2.45) is 5.73 Å². The van der Waals surface area contributed by atoms with Crippen LogP contribution in [-0.2, 0) is 17.9 Å². The summed E-state index contributed by atoms with van der Waals surface area (Å²) in [4.78, 5) is 42.5. The summed E-state index contributed by atoms with van der Waals surface area (Å²) in [5.41, 5.74) is 8.00. The fraction of sp³-hybridized carbons (Fsp3) is 0.192. The molecule has 0 radical (unpaired) electrons. The molecule has 4 N–H and O–H groups in total. The van der Waals surface area contributed by atoms with Gasteiger partial charge in [0.15, 0.2) is 6.17 Å². The quantitative estimate of drug-likeness (QED) is 0.432. The molecule has 0 bridgehead atoms. The number of hydrogen-bond donors (Lipinski definition) is 3. The van der Waals surface area contributed by atoms with E-state index < -0.39 is 29.8 Å². The third kappa shape index (κ3) is 6.19. The molecule has 3 aromatic carbocycles. The molecule has 1 fully saturated rings.